The Labute approximate surface area is 204 Å². The predicted molar refractivity (Wildman–Crippen MR) is 129 cm³/mol. The molecule has 2 aromatic rings. The van der Waals surface area contributed by atoms with E-state index in [1.807, 2.05) is 10.7 Å². The minimum absolute atomic E-state index is 0.204. The van der Waals surface area contributed by atoms with Crippen LogP contribution in [-0.2, 0) is 9.53 Å². The molecule has 4 heterocycles. The first-order valence-electron chi connectivity index (χ1n) is 12.5. The maximum Gasteiger partial charge on any atom is 0.410 e. The van der Waals surface area contributed by atoms with E-state index in [0.29, 0.717) is 37.9 Å². The topological polar surface area (TPSA) is 92.1 Å². The highest BCUT2D eigenvalue weighted by Crippen LogP contribution is 2.40. The minimum Gasteiger partial charge on any atom is -0.444 e. The summed E-state index contributed by atoms with van der Waals surface area (Å²) >= 11 is 0. The van der Waals surface area contributed by atoms with Gasteiger partial charge in [0.1, 0.15) is 11.9 Å². The van der Waals surface area contributed by atoms with Crippen molar-refractivity contribution in [2.75, 3.05) is 31.5 Å². The number of carbonyl (C=O) groups is 2. The van der Waals surface area contributed by atoms with Crippen molar-refractivity contribution >= 4 is 23.5 Å². The number of rotatable bonds is 6. The zero-order valence-corrected chi connectivity index (χ0v) is 20.4. The number of aromatic nitrogens is 3. The number of amides is 2. The Balaban J connectivity index is 1.18. The average molecular weight is 485 g/mol. The second-order valence-corrected chi connectivity index (χ2v) is 10.2. The number of carbonyl (C=O) groups excluding carboxylic acids is 2. The number of halogens is 1. The van der Waals surface area contributed by atoms with Gasteiger partial charge in [-0.2, -0.15) is 9.61 Å². The van der Waals surface area contributed by atoms with Crippen LogP contribution >= 0.6 is 0 Å². The number of hydrogen-bond donors (Lipinski definition) is 1. The van der Waals surface area contributed by atoms with Crippen LogP contribution in [0.15, 0.2) is 24.7 Å². The van der Waals surface area contributed by atoms with Crippen LogP contribution in [0.25, 0.3) is 5.65 Å². The lowest BCUT2D eigenvalue weighted by Crippen LogP contribution is -2.44. The molecular weight excluding hydrogens is 451 g/mol. The van der Waals surface area contributed by atoms with E-state index < -0.39 is 17.8 Å². The fourth-order valence-corrected chi connectivity index (χ4v) is 4.91. The van der Waals surface area contributed by atoms with Crippen LogP contribution in [0.4, 0.5) is 15.0 Å². The number of nitrogens with zero attached hydrogens (tertiary/aromatic N) is 5. The van der Waals surface area contributed by atoms with Crippen LogP contribution in [0.5, 0.6) is 0 Å². The fraction of sp³-hybridized carbons (Fsp3) is 0.600. The van der Waals surface area contributed by atoms with E-state index in [9.17, 15) is 14.0 Å². The Morgan fingerprint density at radius 2 is 1.86 bits per heavy atom. The number of fused-ring (bicyclic) bond motifs is 1. The molecule has 35 heavy (non-hydrogen) atoms. The van der Waals surface area contributed by atoms with Crippen LogP contribution in [0.2, 0.25) is 0 Å². The van der Waals surface area contributed by atoms with Gasteiger partial charge in [0, 0.05) is 55.3 Å². The maximum atomic E-state index is 13.1. The summed E-state index contributed by atoms with van der Waals surface area (Å²) in [6.45, 7) is 9.08. The first-order chi connectivity index (χ1) is 16.8. The lowest BCUT2D eigenvalue weighted by molar-refractivity contribution is -0.128. The molecule has 0 radical (unpaired) electrons. The third kappa shape index (κ3) is 4.97. The number of ether oxygens (including phenoxy) is 1. The molecule has 2 aliphatic heterocycles. The molecule has 188 valence electrons. The molecule has 1 saturated carbocycles. The maximum absolute atomic E-state index is 13.1. The van der Waals surface area contributed by atoms with Crippen LogP contribution in [0.3, 0.4) is 0 Å². The number of likely N-dealkylation sites (tertiary alicyclic amines) is 2. The standard InChI is InChI=1S/C25H33FN6O3/c1-15(2)20-13-27-32-22(12-21(17-4-5-17)29-23(20)32)28-18-6-9-30(10-7-18)25(34)35-19-8-11-31(14-19)24(33)16(3)26/h12-13,15,17-19,28H,3-11,14H2,1-2H3. The Hall–Kier alpha value is -3.17. The van der Waals surface area contributed by atoms with Crippen LogP contribution in [-0.4, -0.2) is 74.7 Å². The van der Waals surface area contributed by atoms with E-state index in [2.05, 4.69) is 36.9 Å². The molecule has 2 saturated heterocycles. The lowest BCUT2D eigenvalue weighted by atomic mass is 10.1. The molecule has 3 fully saturated rings. The van der Waals surface area contributed by atoms with Crippen LogP contribution < -0.4 is 5.32 Å². The van der Waals surface area contributed by atoms with Crippen molar-refractivity contribution in [3.63, 3.8) is 0 Å². The van der Waals surface area contributed by atoms with Crippen molar-refractivity contribution in [1.82, 2.24) is 24.4 Å². The third-order valence-electron chi connectivity index (χ3n) is 7.17. The molecule has 1 N–H and O–H groups in total. The van der Waals surface area contributed by atoms with Gasteiger partial charge >= 0.3 is 6.09 Å². The number of nitrogens with one attached hydrogen (secondary N) is 1. The van der Waals surface area contributed by atoms with E-state index in [1.165, 1.54) is 17.7 Å². The van der Waals surface area contributed by atoms with Gasteiger partial charge in [-0.25, -0.2) is 14.2 Å². The minimum atomic E-state index is -0.988. The summed E-state index contributed by atoms with van der Waals surface area (Å²) in [6, 6.07) is 2.33. The molecule has 1 atom stereocenters. The largest absolute Gasteiger partial charge is 0.444 e. The van der Waals surface area contributed by atoms with Gasteiger partial charge in [0.25, 0.3) is 5.91 Å². The molecule has 0 aromatic carbocycles. The molecular formula is C25H33FN6O3. The molecule has 9 nitrogen and oxygen atoms in total. The molecule has 10 heteroatoms. The monoisotopic (exact) mass is 484 g/mol. The van der Waals surface area contributed by atoms with E-state index in [-0.39, 0.29) is 18.7 Å². The van der Waals surface area contributed by atoms with Crippen molar-refractivity contribution in [2.24, 2.45) is 0 Å². The Kier molecular flexibility index (Phi) is 6.37. The second-order valence-electron chi connectivity index (χ2n) is 10.2. The summed E-state index contributed by atoms with van der Waals surface area (Å²) in [7, 11) is 0. The van der Waals surface area contributed by atoms with Crippen molar-refractivity contribution in [2.45, 2.75) is 69.9 Å². The molecule has 5 rings (SSSR count). The van der Waals surface area contributed by atoms with Gasteiger partial charge in [-0.1, -0.05) is 20.4 Å². The van der Waals surface area contributed by atoms with Crippen LogP contribution in [0, 0.1) is 0 Å². The number of hydrogen-bond acceptors (Lipinski definition) is 6. The lowest BCUT2D eigenvalue weighted by Gasteiger charge is -2.33. The quantitative estimate of drug-likeness (QED) is 0.627. The normalized spacial score (nSPS) is 21.1. The van der Waals surface area contributed by atoms with E-state index in [0.717, 1.165) is 35.6 Å². The third-order valence-corrected chi connectivity index (χ3v) is 7.17. The van der Waals surface area contributed by atoms with Crippen molar-refractivity contribution in [1.29, 1.82) is 0 Å². The molecule has 0 spiro atoms. The van der Waals surface area contributed by atoms with Gasteiger partial charge in [-0.05, 0) is 31.6 Å². The predicted octanol–water partition coefficient (Wildman–Crippen LogP) is 3.83. The molecule has 1 unspecified atom stereocenters. The SMILES string of the molecule is C=C(F)C(=O)N1CCC(OC(=O)N2CCC(Nc3cc(C4CC4)nc4c(C(C)C)cnn34)CC2)C1. The summed E-state index contributed by atoms with van der Waals surface area (Å²) in [6.07, 6.45) is 5.56. The number of anilines is 1. The molecule has 3 aliphatic rings. The average Bonchev–Trinajstić information content (AvgIpc) is 3.43. The van der Waals surface area contributed by atoms with E-state index in [1.54, 1.807) is 4.90 Å². The Morgan fingerprint density at radius 1 is 1.14 bits per heavy atom. The van der Waals surface area contributed by atoms with Gasteiger partial charge in [0.15, 0.2) is 11.5 Å². The van der Waals surface area contributed by atoms with Crippen LogP contribution in [0.1, 0.15) is 69.0 Å². The Bertz CT molecular complexity index is 1140. The highest BCUT2D eigenvalue weighted by Gasteiger charge is 2.33. The second kappa shape index (κ2) is 9.47. The van der Waals surface area contributed by atoms with Gasteiger partial charge in [0.05, 0.1) is 12.7 Å². The summed E-state index contributed by atoms with van der Waals surface area (Å²) in [5.41, 5.74) is 3.20. The van der Waals surface area contributed by atoms with Gasteiger partial charge < -0.3 is 19.9 Å². The van der Waals surface area contributed by atoms with Crippen molar-refractivity contribution < 1.29 is 18.7 Å². The molecule has 1 aliphatic carbocycles. The Morgan fingerprint density at radius 3 is 2.51 bits per heavy atom. The highest BCUT2D eigenvalue weighted by atomic mass is 19.1. The summed E-state index contributed by atoms with van der Waals surface area (Å²) < 4.78 is 20.6. The van der Waals surface area contributed by atoms with E-state index >= 15 is 0 Å². The molecule has 0 bridgehead atoms. The molecule has 2 amide bonds. The highest BCUT2D eigenvalue weighted by molar-refractivity contribution is 5.90. The van der Waals surface area contributed by atoms with Crippen molar-refractivity contribution in [3.8, 4) is 0 Å². The summed E-state index contributed by atoms with van der Waals surface area (Å²) in [5.74, 6) is 0.116. The van der Waals surface area contributed by atoms with Gasteiger partial charge in [-0.3, -0.25) is 4.79 Å². The van der Waals surface area contributed by atoms with E-state index in [4.69, 9.17) is 9.72 Å². The zero-order valence-electron chi connectivity index (χ0n) is 20.4. The first kappa shape index (κ1) is 23.6. The zero-order chi connectivity index (χ0) is 24.7. The van der Waals surface area contributed by atoms with Gasteiger partial charge in [0.2, 0.25) is 0 Å². The van der Waals surface area contributed by atoms with Crippen molar-refractivity contribution in [3.05, 3.63) is 35.9 Å². The smallest absolute Gasteiger partial charge is 0.410 e. The first-order valence-corrected chi connectivity index (χ1v) is 12.5. The number of piperidine rings is 1. The fourth-order valence-electron chi connectivity index (χ4n) is 4.91. The molecule has 2 aromatic heterocycles. The van der Waals surface area contributed by atoms with Gasteiger partial charge in [-0.15, -0.1) is 0 Å². The summed E-state index contributed by atoms with van der Waals surface area (Å²) in [5, 5.41) is 8.26. The summed E-state index contributed by atoms with van der Waals surface area (Å²) in [4.78, 5) is 32.4.